The van der Waals surface area contributed by atoms with Crippen molar-refractivity contribution in [1.29, 1.82) is 0 Å². The van der Waals surface area contributed by atoms with Crippen molar-refractivity contribution in [3.63, 3.8) is 0 Å². The van der Waals surface area contributed by atoms with Crippen LogP contribution in [0, 0.1) is 11.6 Å². The summed E-state index contributed by atoms with van der Waals surface area (Å²) in [6.07, 6.45) is 2.08. The van der Waals surface area contributed by atoms with Gasteiger partial charge < -0.3 is 5.11 Å². The van der Waals surface area contributed by atoms with E-state index in [9.17, 15) is 27.1 Å². The molecule has 3 N–H and O–H groups in total. The van der Waals surface area contributed by atoms with Crippen LogP contribution in [0.3, 0.4) is 0 Å². The van der Waals surface area contributed by atoms with Gasteiger partial charge in [0.1, 0.15) is 11.6 Å². The third kappa shape index (κ3) is 3.66. The largest absolute Gasteiger partial charge is 0.390 e. The normalized spacial score (nSPS) is 12.2. The molecular formula is C20H19F2N5O4S. The highest BCUT2D eigenvalue weighted by Crippen LogP contribution is 2.25. The van der Waals surface area contributed by atoms with Gasteiger partial charge in [0.05, 0.1) is 41.0 Å². The van der Waals surface area contributed by atoms with Crippen LogP contribution < -0.4 is 10.8 Å². The molecule has 4 rings (SSSR count). The van der Waals surface area contributed by atoms with Crippen LogP contribution in [0.4, 0.5) is 8.78 Å². The van der Waals surface area contributed by atoms with Crippen molar-refractivity contribution in [2.24, 2.45) is 5.14 Å². The summed E-state index contributed by atoms with van der Waals surface area (Å²) in [6, 6.07) is 4.45. The summed E-state index contributed by atoms with van der Waals surface area (Å²) in [5, 5.41) is 14.8. The van der Waals surface area contributed by atoms with Gasteiger partial charge >= 0.3 is 5.69 Å². The number of nitrogens with two attached hydrogens (primary N) is 1. The number of imidazole rings is 1. The average Bonchev–Trinajstić information content (AvgIpc) is 3.01. The Morgan fingerprint density at radius 2 is 1.84 bits per heavy atom. The number of rotatable bonds is 6. The molecule has 9 nitrogen and oxygen atoms in total. The van der Waals surface area contributed by atoms with E-state index in [0.717, 1.165) is 0 Å². The minimum absolute atomic E-state index is 0.261. The lowest BCUT2D eigenvalue weighted by Gasteiger charge is -2.10. The van der Waals surface area contributed by atoms with Crippen molar-refractivity contribution < 1.29 is 22.3 Å². The Hall–Kier alpha value is -3.22. The smallest absolute Gasteiger partial charge is 0.329 e. The number of aromatic nitrogens is 4. The number of hydrogen-bond donors (Lipinski definition) is 2. The molecule has 0 aliphatic carbocycles. The topological polar surface area (TPSA) is 133 Å². The van der Waals surface area contributed by atoms with Gasteiger partial charge in [-0.1, -0.05) is 6.92 Å². The number of benzene rings is 1. The second-order valence-electron chi connectivity index (χ2n) is 7.25. The highest BCUT2D eigenvalue weighted by atomic mass is 32.2. The number of fused-ring (bicyclic) bond motifs is 3. The maximum Gasteiger partial charge on any atom is 0.329 e. The van der Waals surface area contributed by atoms with Crippen LogP contribution in [-0.4, -0.2) is 32.6 Å². The third-order valence-corrected chi connectivity index (χ3v) is 6.02. The van der Waals surface area contributed by atoms with E-state index < -0.39 is 44.4 Å². The highest BCUT2D eigenvalue weighted by Gasteiger charge is 2.22. The van der Waals surface area contributed by atoms with Gasteiger partial charge in [0, 0.05) is 17.5 Å². The number of primary sulfonamides is 1. The minimum atomic E-state index is -4.31. The molecule has 0 aliphatic rings. The number of nitrogens with zero attached hydrogens (tertiary/aromatic N) is 4. The van der Waals surface area contributed by atoms with Gasteiger partial charge in [-0.05, 0) is 30.7 Å². The predicted molar refractivity (Wildman–Crippen MR) is 112 cm³/mol. The van der Waals surface area contributed by atoms with E-state index in [0.29, 0.717) is 47.2 Å². The zero-order chi connectivity index (χ0) is 23.2. The molecular weight excluding hydrogens is 444 g/mol. The maximum absolute atomic E-state index is 14.7. The van der Waals surface area contributed by atoms with Gasteiger partial charge in [0.15, 0.2) is 5.65 Å². The first-order valence-electron chi connectivity index (χ1n) is 9.65. The summed E-state index contributed by atoms with van der Waals surface area (Å²) >= 11 is 0. The Balaban J connectivity index is 1.99. The summed E-state index contributed by atoms with van der Waals surface area (Å²) in [4.78, 5) is 21.0. The Morgan fingerprint density at radius 1 is 1.16 bits per heavy atom. The number of sulfonamides is 1. The number of hydrogen-bond acceptors (Lipinski definition) is 6. The quantitative estimate of drug-likeness (QED) is 0.447. The minimum Gasteiger partial charge on any atom is -0.390 e. The van der Waals surface area contributed by atoms with E-state index in [1.807, 2.05) is 6.92 Å². The van der Waals surface area contributed by atoms with Crippen molar-refractivity contribution in [2.75, 3.05) is 0 Å². The van der Waals surface area contributed by atoms with E-state index in [1.165, 1.54) is 15.3 Å². The van der Waals surface area contributed by atoms with Crippen LogP contribution in [0.1, 0.15) is 24.6 Å². The van der Waals surface area contributed by atoms with Gasteiger partial charge in [-0.2, -0.15) is 0 Å². The van der Waals surface area contributed by atoms with Crippen molar-refractivity contribution in [3.05, 3.63) is 63.8 Å². The van der Waals surface area contributed by atoms with E-state index >= 15 is 0 Å². The molecule has 0 saturated heterocycles. The van der Waals surface area contributed by atoms with Crippen LogP contribution in [0.5, 0.6) is 0 Å². The SMILES string of the molecule is CCCn1c(=O)n(Cc2c(F)cc(S(N)(=O)=O)cc2F)c2c3ccc(CO)nc3ncc21. The van der Waals surface area contributed by atoms with Crippen LogP contribution in [0.2, 0.25) is 0 Å². The number of aryl methyl sites for hydroxylation is 1. The second kappa shape index (κ2) is 8.04. The van der Waals surface area contributed by atoms with Gasteiger partial charge in [-0.15, -0.1) is 0 Å². The fourth-order valence-electron chi connectivity index (χ4n) is 3.65. The first kappa shape index (κ1) is 22.0. The zero-order valence-corrected chi connectivity index (χ0v) is 17.7. The molecule has 0 atom stereocenters. The number of halogens is 2. The second-order valence-corrected chi connectivity index (χ2v) is 8.82. The molecule has 0 radical (unpaired) electrons. The van der Waals surface area contributed by atoms with Gasteiger partial charge in [-0.25, -0.2) is 37.1 Å². The monoisotopic (exact) mass is 463 g/mol. The van der Waals surface area contributed by atoms with Crippen LogP contribution in [0.25, 0.3) is 22.1 Å². The fraction of sp³-hybridized carbons (Fsp3) is 0.250. The van der Waals surface area contributed by atoms with E-state index in [-0.39, 0.29) is 12.3 Å². The molecule has 0 aliphatic heterocycles. The first-order chi connectivity index (χ1) is 15.2. The lowest BCUT2D eigenvalue weighted by Crippen LogP contribution is -2.25. The molecule has 32 heavy (non-hydrogen) atoms. The van der Waals surface area contributed by atoms with Crippen LogP contribution in [-0.2, 0) is 29.7 Å². The molecule has 1 aromatic carbocycles. The standard InChI is InChI=1S/C20H19F2N5O4S/c1-2-5-26-17-8-24-19-13(4-3-11(10-28)25-19)18(17)27(20(26)29)9-14-15(21)6-12(7-16(14)22)32(23,30)31/h3-4,6-8,28H,2,5,9-10H2,1H3,(H2,23,30,31). The molecule has 168 valence electrons. The first-order valence-corrected chi connectivity index (χ1v) is 11.2. The van der Waals surface area contributed by atoms with Gasteiger partial charge in [-0.3, -0.25) is 9.13 Å². The lowest BCUT2D eigenvalue weighted by molar-refractivity contribution is 0.277. The fourth-order valence-corrected chi connectivity index (χ4v) is 4.18. The van der Waals surface area contributed by atoms with E-state index in [2.05, 4.69) is 9.97 Å². The Morgan fingerprint density at radius 3 is 2.44 bits per heavy atom. The molecule has 4 aromatic rings. The summed E-state index contributed by atoms with van der Waals surface area (Å²) < 4.78 is 55.0. The molecule has 12 heteroatoms. The average molecular weight is 463 g/mol. The summed E-state index contributed by atoms with van der Waals surface area (Å²) in [7, 11) is -4.31. The Kier molecular flexibility index (Phi) is 5.53. The molecule has 3 heterocycles. The third-order valence-electron chi connectivity index (χ3n) is 5.13. The maximum atomic E-state index is 14.7. The van der Waals surface area contributed by atoms with Gasteiger partial charge in [0.25, 0.3) is 0 Å². The highest BCUT2D eigenvalue weighted by molar-refractivity contribution is 7.89. The molecule has 3 aromatic heterocycles. The number of aliphatic hydroxyl groups excluding tert-OH is 1. The molecule has 0 bridgehead atoms. The summed E-state index contributed by atoms with van der Waals surface area (Å²) in [5.74, 6) is -2.28. The van der Waals surface area contributed by atoms with E-state index in [1.54, 1.807) is 12.1 Å². The Bertz CT molecular complexity index is 1510. The Labute approximate surface area is 180 Å². The molecule has 0 fully saturated rings. The van der Waals surface area contributed by atoms with Crippen molar-refractivity contribution in [2.45, 2.75) is 37.9 Å². The van der Waals surface area contributed by atoms with Crippen LogP contribution in [0.15, 0.2) is 40.2 Å². The van der Waals surface area contributed by atoms with Crippen molar-refractivity contribution in [1.82, 2.24) is 19.1 Å². The molecule has 0 unspecified atom stereocenters. The van der Waals surface area contributed by atoms with Crippen LogP contribution >= 0.6 is 0 Å². The lowest BCUT2D eigenvalue weighted by atomic mass is 10.2. The van der Waals surface area contributed by atoms with E-state index in [4.69, 9.17) is 5.14 Å². The summed E-state index contributed by atoms with van der Waals surface area (Å²) in [6.45, 7) is 1.44. The van der Waals surface area contributed by atoms with Crippen molar-refractivity contribution in [3.8, 4) is 0 Å². The number of pyridine rings is 2. The zero-order valence-electron chi connectivity index (χ0n) is 16.9. The van der Waals surface area contributed by atoms with Crippen molar-refractivity contribution >= 4 is 32.1 Å². The molecule has 0 saturated carbocycles. The summed E-state index contributed by atoms with van der Waals surface area (Å²) in [5.41, 5.74) is 0.486. The number of aliphatic hydroxyl groups is 1. The van der Waals surface area contributed by atoms with Gasteiger partial charge in [0.2, 0.25) is 10.0 Å². The molecule has 0 spiro atoms. The predicted octanol–water partition coefficient (Wildman–Crippen LogP) is 1.62. The molecule has 0 amide bonds.